The van der Waals surface area contributed by atoms with Gasteiger partial charge in [0.1, 0.15) is 11.5 Å². The molecule has 3 rings (SSSR count). The van der Waals surface area contributed by atoms with E-state index in [4.69, 9.17) is 9.52 Å². The molecular weight excluding hydrogens is 372 g/mol. The van der Waals surface area contributed by atoms with Crippen LogP contribution < -0.4 is 5.43 Å². The first-order chi connectivity index (χ1) is 11.6. The number of para-hydroxylation sites is 1. The van der Waals surface area contributed by atoms with Gasteiger partial charge in [-0.2, -0.15) is 5.10 Å². The summed E-state index contributed by atoms with van der Waals surface area (Å²) >= 11 is 3.39. The number of hydrogen-bond acceptors (Lipinski definition) is 4. The van der Waals surface area contributed by atoms with Crippen LogP contribution in [-0.2, 0) is 0 Å². The summed E-state index contributed by atoms with van der Waals surface area (Å²) in [7, 11) is 0. The number of nitrogens with one attached hydrogen (secondary N) is 1. The van der Waals surface area contributed by atoms with E-state index in [2.05, 4.69) is 26.5 Å². The standard InChI is InChI=1S/C18H13BrN2O3/c19-13-7-5-12(6-8-13)17-10-9-14(24-17)11-20-21-16-4-2-1-3-15(16)18(22)23/h1-11,21H,(H,22,23). The number of rotatable bonds is 5. The topological polar surface area (TPSA) is 74.8 Å². The monoisotopic (exact) mass is 384 g/mol. The van der Waals surface area contributed by atoms with Crippen LogP contribution in [0.15, 0.2) is 74.7 Å². The van der Waals surface area contributed by atoms with Gasteiger partial charge in [0, 0.05) is 10.0 Å². The second kappa shape index (κ2) is 7.14. The average Bonchev–Trinajstić information content (AvgIpc) is 3.05. The van der Waals surface area contributed by atoms with Crippen molar-refractivity contribution in [3.63, 3.8) is 0 Å². The Morgan fingerprint density at radius 1 is 1.08 bits per heavy atom. The smallest absolute Gasteiger partial charge is 0.337 e. The van der Waals surface area contributed by atoms with Crippen molar-refractivity contribution >= 4 is 33.8 Å². The van der Waals surface area contributed by atoms with Gasteiger partial charge in [0.2, 0.25) is 0 Å². The van der Waals surface area contributed by atoms with Crippen molar-refractivity contribution in [1.82, 2.24) is 0 Å². The molecule has 0 bridgehead atoms. The van der Waals surface area contributed by atoms with Gasteiger partial charge in [-0.05, 0) is 36.4 Å². The Labute approximate surface area is 146 Å². The molecule has 0 saturated carbocycles. The van der Waals surface area contributed by atoms with E-state index in [0.717, 1.165) is 15.8 Å². The Bertz CT molecular complexity index is 885. The van der Waals surface area contributed by atoms with Crippen LogP contribution >= 0.6 is 15.9 Å². The molecule has 3 aromatic rings. The van der Waals surface area contributed by atoms with E-state index in [9.17, 15) is 4.79 Å². The Morgan fingerprint density at radius 2 is 1.83 bits per heavy atom. The molecule has 0 aliphatic heterocycles. The SMILES string of the molecule is O=C(O)c1ccccc1NN=Cc1ccc(-c2ccc(Br)cc2)o1. The van der Waals surface area contributed by atoms with Crippen LogP contribution in [0.2, 0.25) is 0 Å². The Balaban J connectivity index is 1.72. The molecule has 6 heteroatoms. The quantitative estimate of drug-likeness (QED) is 0.486. The van der Waals surface area contributed by atoms with Crippen molar-refractivity contribution in [2.45, 2.75) is 0 Å². The number of carboxylic acid groups (broad SMARTS) is 1. The molecule has 2 aromatic carbocycles. The fraction of sp³-hybridized carbons (Fsp3) is 0. The molecule has 0 aliphatic rings. The highest BCUT2D eigenvalue weighted by molar-refractivity contribution is 9.10. The zero-order valence-corrected chi connectivity index (χ0v) is 14.0. The number of benzene rings is 2. The summed E-state index contributed by atoms with van der Waals surface area (Å²) in [5.41, 5.74) is 4.26. The molecule has 1 heterocycles. The average molecular weight is 385 g/mol. The highest BCUT2D eigenvalue weighted by atomic mass is 79.9. The van der Waals surface area contributed by atoms with Crippen molar-refractivity contribution < 1.29 is 14.3 Å². The molecule has 120 valence electrons. The summed E-state index contributed by atoms with van der Waals surface area (Å²) in [6, 6.07) is 18.0. The number of nitrogens with zero attached hydrogens (tertiary/aromatic N) is 1. The first-order valence-electron chi connectivity index (χ1n) is 7.10. The van der Waals surface area contributed by atoms with Gasteiger partial charge in [0.05, 0.1) is 17.5 Å². The number of anilines is 1. The van der Waals surface area contributed by atoms with E-state index in [-0.39, 0.29) is 5.56 Å². The largest absolute Gasteiger partial charge is 0.478 e. The minimum atomic E-state index is -1.01. The molecule has 0 unspecified atom stereocenters. The van der Waals surface area contributed by atoms with E-state index >= 15 is 0 Å². The summed E-state index contributed by atoms with van der Waals surface area (Å²) in [6.07, 6.45) is 1.50. The lowest BCUT2D eigenvalue weighted by Crippen LogP contribution is -2.01. The number of hydrogen-bond donors (Lipinski definition) is 2. The Hall–Kier alpha value is -2.86. The van der Waals surface area contributed by atoms with Crippen LogP contribution in [-0.4, -0.2) is 17.3 Å². The second-order valence-electron chi connectivity index (χ2n) is 4.93. The molecule has 1 aromatic heterocycles. The summed E-state index contributed by atoms with van der Waals surface area (Å²) in [5.74, 6) is 0.284. The predicted octanol–water partition coefficient (Wildman–Crippen LogP) is 4.85. The van der Waals surface area contributed by atoms with Gasteiger partial charge in [0.15, 0.2) is 0 Å². The van der Waals surface area contributed by atoms with Crippen LogP contribution in [0.5, 0.6) is 0 Å². The Kier molecular flexibility index (Phi) is 4.77. The van der Waals surface area contributed by atoms with Crippen LogP contribution in [0.25, 0.3) is 11.3 Å². The predicted molar refractivity (Wildman–Crippen MR) is 96.5 cm³/mol. The second-order valence-corrected chi connectivity index (χ2v) is 5.85. The minimum Gasteiger partial charge on any atom is -0.478 e. The molecular formula is C18H13BrN2O3. The van der Waals surface area contributed by atoms with Gasteiger partial charge in [-0.25, -0.2) is 4.79 Å². The zero-order chi connectivity index (χ0) is 16.9. The zero-order valence-electron chi connectivity index (χ0n) is 12.4. The summed E-state index contributed by atoms with van der Waals surface area (Å²) < 4.78 is 6.71. The summed E-state index contributed by atoms with van der Waals surface area (Å²) in [4.78, 5) is 11.1. The lowest BCUT2D eigenvalue weighted by molar-refractivity contribution is 0.0698. The minimum absolute atomic E-state index is 0.157. The highest BCUT2D eigenvalue weighted by Gasteiger charge is 2.08. The van der Waals surface area contributed by atoms with E-state index in [0.29, 0.717) is 11.4 Å². The van der Waals surface area contributed by atoms with Crippen molar-refractivity contribution in [3.8, 4) is 11.3 Å². The number of aromatic carboxylic acids is 1. The number of hydrazone groups is 1. The molecule has 0 fully saturated rings. The molecule has 24 heavy (non-hydrogen) atoms. The molecule has 2 N–H and O–H groups in total. The van der Waals surface area contributed by atoms with Crippen molar-refractivity contribution in [2.75, 3.05) is 5.43 Å². The third-order valence-corrected chi connectivity index (χ3v) is 3.82. The Morgan fingerprint density at radius 3 is 2.58 bits per heavy atom. The first kappa shape index (κ1) is 16.0. The molecule has 0 radical (unpaired) electrons. The molecule has 5 nitrogen and oxygen atoms in total. The maximum absolute atomic E-state index is 11.1. The number of halogens is 1. The highest BCUT2D eigenvalue weighted by Crippen LogP contribution is 2.23. The lowest BCUT2D eigenvalue weighted by atomic mass is 10.2. The summed E-state index contributed by atoms with van der Waals surface area (Å²) in [6.45, 7) is 0. The molecule has 0 atom stereocenters. The van der Waals surface area contributed by atoms with Crippen LogP contribution in [0.3, 0.4) is 0 Å². The molecule has 0 amide bonds. The van der Waals surface area contributed by atoms with Gasteiger partial charge in [-0.1, -0.05) is 40.2 Å². The van der Waals surface area contributed by atoms with Gasteiger partial charge in [-0.3, -0.25) is 5.43 Å². The van der Waals surface area contributed by atoms with Gasteiger partial charge in [-0.15, -0.1) is 0 Å². The molecule has 0 aliphatic carbocycles. The van der Waals surface area contributed by atoms with Crippen molar-refractivity contribution in [2.24, 2.45) is 5.10 Å². The lowest BCUT2D eigenvalue weighted by Gasteiger charge is -2.03. The summed E-state index contributed by atoms with van der Waals surface area (Å²) in [5, 5.41) is 13.2. The van der Waals surface area contributed by atoms with E-state index in [1.807, 2.05) is 30.3 Å². The number of furan rings is 1. The van der Waals surface area contributed by atoms with Gasteiger partial charge < -0.3 is 9.52 Å². The van der Waals surface area contributed by atoms with Crippen LogP contribution in [0, 0.1) is 0 Å². The van der Waals surface area contributed by atoms with E-state index in [1.54, 1.807) is 24.3 Å². The normalized spacial score (nSPS) is 10.9. The molecule has 0 spiro atoms. The first-order valence-corrected chi connectivity index (χ1v) is 7.90. The number of carbonyl (C=O) groups is 1. The van der Waals surface area contributed by atoms with Crippen LogP contribution in [0.1, 0.15) is 16.1 Å². The maximum Gasteiger partial charge on any atom is 0.337 e. The van der Waals surface area contributed by atoms with Gasteiger partial charge >= 0.3 is 5.97 Å². The van der Waals surface area contributed by atoms with Gasteiger partial charge in [0.25, 0.3) is 0 Å². The van der Waals surface area contributed by atoms with Crippen molar-refractivity contribution in [3.05, 3.63) is 76.5 Å². The number of carboxylic acids is 1. The fourth-order valence-electron chi connectivity index (χ4n) is 2.12. The third kappa shape index (κ3) is 3.72. The van der Waals surface area contributed by atoms with Crippen molar-refractivity contribution in [1.29, 1.82) is 0 Å². The maximum atomic E-state index is 11.1. The molecule has 0 saturated heterocycles. The van der Waals surface area contributed by atoms with E-state index in [1.165, 1.54) is 12.3 Å². The van der Waals surface area contributed by atoms with Crippen LogP contribution in [0.4, 0.5) is 5.69 Å². The fourth-order valence-corrected chi connectivity index (χ4v) is 2.39. The third-order valence-electron chi connectivity index (χ3n) is 3.29. The van der Waals surface area contributed by atoms with E-state index < -0.39 is 5.97 Å².